The Labute approximate surface area is 151 Å². The second-order valence-electron chi connectivity index (χ2n) is 4.58. The van der Waals surface area contributed by atoms with Crippen LogP contribution in [0, 0.1) is 0 Å². The summed E-state index contributed by atoms with van der Waals surface area (Å²) in [5.41, 5.74) is 1.10. The van der Waals surface area contributed by atoms with Gasteiger partial charge in [-0.2, -0.15) is 0 Å². The average molecular weight is 381 g/mol. The second-order valence-corrected chi connectivity index (χ2v) is 6.38. The van der Waals surface area contributed by atoms with Gasteiger partial charge in [0.1, 0.15) is 5.69 Å². The van der Waals surface area contributed by atoms with Gasteiger partial charge in [0.05, 0.1) is 5.75 Å². The van der Waals surface area contributed by atoms with Gasteiger partial charge in [-0.3, -0.25) is 9.78 Å². The van der Waals surface area contributed by atoms with Gasteiger partial charge in [-0.15, -0.1) is 10.2 Å². The summed E-state index contributed by atoms with van der Waals surface area (Å²) in [4.78, 5) is 16.1. The van der Waals surface area contributed by atoms with E-state index >= 15 is 0 Å². The Kier molecular flexibility index (Phi) is 5.34. The quantitative estimate of drug-likeness (QED) is 0.668. The van der Waals surface area contributed by atoms with Crippen molar-refractivity contribution in [2.45, 2.75) is 5.22 Å². The fourth-order valence-corrected chi connectivity index (χ4v) is 2.90. The molecule has 0 saturated heterocycles. The number of nitrogens with zero attached hydrogens (tertiary/aromatic N) is 3. The van der Waals surface area contributed by atoms with Crippen molar-refractivity contribution in [3.63, 3.8) is 0 Å². The van der Waals surface area contributed by atoms with Gasteiger partial charge in [-0.1, -0.05) is 41.0 Å². The van der Waals surface area contributed by atoms with Crippen molar-refractivity contribution < 1.29 is 9.21 Å². The van der Waals surface area contributed by atoms with Crippen LogP contribution in [-0.4, -0.2) is 26.8 Å². The predicted octanol–water partition coefficient (Wildman–Crippen LogP) is 4.17. The number of anilines is 1. The molecule has 0 spiro atoms. The largest absolute Gasteiger partial charge is 0.410 e. The van der Waals surface area contributed by atoms with Crippen LogP contribution in [0.25, 0.3) is 11.6 Å². The summed E-state index contributed by atoms with van der Waals surface area (Å²) in [6.07, 6.45) is 1.63. The highest BCUT2D eigenvalue weighted by Gasteiger charge is 2.12. The van der Waals surface area contributed by atoms with Crippen LogP contribution in [0.1, 0.15) is 0 Å². The Morgan fingerprint density at radius 2 is 1.96 bits per heavy atom. The maximum absolute atomic E-state index is 12.0. The number of hydrogen-bond donors (Lipinski definition) is 1. The molecule has 1 amide bonds. The lowest BCUT2D eigenvalue weighted by molar-refractivity contribution is -0.113. The molecule has 0 bridgehead atoms. The molecule has 6 nitrogen and oxygen atoms in total. The number of aromatic nitrogens is 3. The Bertz CT molecular complexity index is 837. The van der Waals surface area contributed by atoms with Gasteiger partial charge in [0.15, 0.2) is 0 Å². The Balaban J connectivity index is 1.58. The number of hydrogen-bond acceptors (Lipinski definition) is 6. The van der Waals surface area contributed by atoms with Crippen LogP contribution < -0.4 is 5.32 Å². The van der Waals surface area contributed by atoms with E-state index < -0.39 is 0 Å². The van der Waals surface area contributed by atoms with Gasteiger partial charge < -0.3 is 9.73 Å². The summed E-state index contributed by atoms with van der Waals surface area (Å²) in [6, 6.07) is 10.2. The minimum atomic E-state index is -0.240. The van der Waals surface area contributed by atoms with Crippen LogP contribution >= 0.6 is 35.0 Å². The van der Waals surface area contributed by atoms with Gasteiger partial charge in [-0.05, 0) is 30.3 Å². The highest BCUT2D eigenvalue weighted by Crippen LogP contribution is 2.24. The molecule has 9 heteroatoms. The predicted molar refractivity (Wildman–Crippen MR) is 93.3 cm³/mol. The van der Waals surface area contributed by atoms with Crippen molar-refractivity contribution in [1.29, 1.82) is 0 Å². The van der Waals surface area contributed by atoms with E-state index in [0.29, 0.717) is 27.3 Å². The Morgan fingerprint density at radius 1 is 1.17 bits per heavy atom. The zero-order valence-electron chi connectivity index (χ0n) is 12.1. The van der Waals surface area contributed by atoms with E-state index in [2.05, 4.69) is 20.5 Å². The van der Waals surface area contributed by atoms with Gasteiger partial charge in [-0.25, -0.2) is 0 Å². The topological polar surface area (TPSA) is 80.9 Å². The molecule has 3 aromatic rings. The van der Waals surface area contributed by atoms with Gasteiger partial charge in [0, 0.05) is 21.9 Å². The van der Waals surface area contributed by atoms with Crippen molar-refractivity contribution in [1.82, 2.24) is 15.2 Å². The van der Waals surface area contributed by atoms with E-state index in [4.69, 9.17) is 27.6 Å². The number of carbonyl (C=O) groups excluding carboxylic acids is 1. The summed E-state index contributed by atoms with van der Waals surface area (Å²) in [5, 5.41) is 11.7. The third kappa shape index (κ3) is 4.47. The fraction of sp³-hybridized carbons (Fsp3) is 0.0667. The van der Waals surface area contributed by atoms with E-state index in [1.54, 1.807) is 36.5 Å². The molecular formula is C15H10Cl2N4O2S. The summed E-state index contributed by atoms with van der Waals surface area (Å²) in [7, 11) is 0. The molecule has 0 aliphatic heterocycles. The van der Waals surface area contributed by atoms with E-state index in [-0.39, 0.29) is 16.9 Å². The monoisotopic (exact) mass is 380 g/mol. The van der Waals surface area contributed by atoms with E-state index in [0.717, 1.165) is 11.8 Å². The summed E-state index contributed by atoms with van der Waals surface area (Å²) < 4.78 is 5.46. The molecule has 0 saturated carbocycles. The van der Waals surface area contributed by atoms with Gasteiger partial charge in [0.2, 0.25) is 5.91 Å². The molecule has 0 fully saturated rings. The van der Waals surface area contributed by atoms with Crippen LogP contribution in [0.4, 0.5) is 5.69 Å². The number of pyridine rings is 1. The number of rotatable bonds is 5. The van der Waals surface area contributed by atoms with E-state index in [1.807, 2.05) is 6.07 Å². The number of carbonyl (C=O) groups is 1. The molecule has 1 N–H and O–H groups in total. The molecule has 1 aromatic carbocycles. The van der Waals surface area contributed by atoms with Gasteiger partial charge >= 0.3 is 0 Å². The number of thioether (sulfide) groups is 1. The molecule has 3 rings (SSSR count). The number of amides is 1. The molecule has 2 aromatic heterocycles. The minimum Gasteiger partial charge on any atom is -0.410 e. The Morgan fingerprint density at radius 3 is 2.67 bits per heavy atom. The first-order valence-electron chi connectivity index (χ1n) is 6.74. The molecule has 0 unspecified atom stereocenters. The lowest BCUT2D eigenvalue weighted by Gasteiger charge is -2.05. The van der Waals surface area contributed by atoms with Crippen LogP contribution in [0.15, 0.2) is 52.2 Å². The molecule has 24 heavy (non-hydrogen) atoms. The van der Waals surface area contributed by atoms with Crippen molar-refractivity contribution in [3.05, 3.63) is 52.6 Å². The third-order valence-electron chi connectivity index (χ3n) is 2.76. The third-order valence-corrected chi connectivity index (χ3v) is 4.02. The summed E-state index contributed by atoms with van der Waals surface area (Å²) >= 11 is 12.9. The first-order chi connectivity index (χ1) is 11.6. The fourth-order valence-electron chi connectivity index (χ4n) is 1.81. The van der Waals surface area contributed by atoms with Crippen LogP contribution in [-0.2, 0) is 4.79 Å². The maximum atomic E-state index is 12.0. The SMILES string of the molecule is O=C(CSc1nnc(-c2ccccn2)o1)Nc1cc(Cl)cc(Cl)c1. The first kappa shape index (κ1) is 16.8. The zero-order chi connectivity index (χ0) is 16.9. The lowest BCUT2D eigenvalue weighted by atomic mass is 10.3. The van der Waals surface area contributed by atoms with Crippen molar-refractivity contribution in [3.8, 4) is 11.6 Å². The number of halogens is 2. The first-order valence-corrected chi connectivity index (χ1v) is 8.48. The normalized spacial score (nSPS) is 10.6. The highest BCUT2D eigenvalue weighted by atomic mass is 35.5. The smallest absolute Gasteiger partial charge is 0.277 e. The van der Waals surface area contributed by atoms with Crippen molar-refractivity contribution >= 4 is 46.6 Å². The van der Waals surface area contributed by atoms with E-state index in [1.165, 1.54) is 0 Å². The maximum Gasteiger partial charge on any atom is 0.277 e. The highest BCUT2D eigenvalue weighted by molar-refractivity contribution is 7.99. The lowest BCUT2D eigenvalue weighted by Crippen LogP contribution is -2.13. The molecule has 122 valence electrons. The summed E-state index contributed by atoms with van der Waals surface area (Å²) in [5.74, 6) is 0.171. The standard InChI is InChI=1S/C15H10Cl2N4O2S/c16-9-5-10(17)7-11(6-9)19-13(22)8-24-15-21-20-14(23-15)12-3-1-2-4-18-12/h1-7H,8H2,(H,19,22). The Hall–Kier alpha value is -2.09. The van der Waals surface area contributed by atoms with Crippen molar-refractivity contribution in [2.24, 2.45) is 0 Å². The molecular weight excluding hydrogens is 371 g/mol. The average Bonchev–Trinajstić information content (AvgIpc) is 3.02. The molecule has 2 heterocycles. The molecule has 0 aliphatic carbocycles. The molecule has 0 atom stereocenters. The molecule has 0 radical (unpaired) electrons. The van der Waals surface area contributed by atoms with Crippen LogP contribution in [0.2, 0.25) is 10.0 Å². The zero-order valence-corrected chi connectivity index (χ0v) is 14.4. The van der Waals surface area contributed by atoms with Crippen LogP contribution in [0.3, 0.4) is 0 Å². The summed E-state index contributed by atoms with van der Waals surface area (Å²) in [6.45, 7) is 0. The number of nitrogens with one attached hydrogen (secondary N) is 1. The van der Waals surface area contributed by atoms with Gasteiger partial charge in [0.25, 0.3) is 11.1 Å². The van der Waals surface area contributed by atoms with E-state index in [9.17, 15) is 4.79 Å². The van der Waals surface area contributed by atoms with Crippen LogP contribution in [0.5, 0.6) is 0 Å². The molecule has 0 aliphatic rings. The van der Waals surface area contributed by atoms with Crippen molar-refractivity contribution in [2.75, 3.05) is 11.1 Å². The number of benzene rings is 1. The minimum absolute atomic E-state index is 0.105. The second kappa shape index (κ2) is 7.65.